The minimum absolute atomic E-state index is 0.0602. The zero-order valence-electron chi connectivity index (χ0n) is 8.74. The van der Waals surface area contributed by atoms with Crippen molar-refractivity contribution in [3.63, 3.8) is 0 Å². The second kappa shape index (κ2) is 4.47. The van der Waals surface area contributed by atoms with Crippen LogP contribution in [-0.2, 0) is 6.54 Å². The van der Waals surface area contributed by atoms with Gasteiger partial charge in [-0.2, -0.15) is 0 Å². The van der Waals surface area contributed by atoms with Crippen LogP contribution in [-0.4, -0.2) is 5.78 Å². The van der Waals surface area contributed by atoms with E-state index in [0.717, 1.165) is 6.07 Å². The molecule has 0 spiro atoms. The smallest absolute Gasteiger partial charge is 0.231 e. The molecule has 0 atom stereocenters. The third kappa shape index (κ3) is 2.09. The molecule has 0 saturated carbocycles. The van der Waals surface area contributed by atoms with Gasteiger partial charge < -0.3 is 10.2 Å². The van der Waals surface area contributed by atoms with E-state index in [1.165, 1.54) is 24.3 Å². The lowest BCUT2D eigenvalue weighted by molar-refractivity contribution is 0.100. The van der Waals surface area contributed by atoms with Crippen LogP contribution in [0.2, 0.25) is 0 Å². The molecule has 5 heteroatoms. The van der Waals surface area contributed by atoms with Gasteiger partial charge in [0.05, 0.1) is 12.1 Å². The van der Waals surface area contributed by atoms with Crippen molar-refractivity contribution in [3.8, 4) is 0 Å². The first-order valence-electron chi connectivity index (χ1n) is 4.91. The van der Waals surface area contributed by atoms with E-state index in [2.05, 4.69) is 0 Å². The fourth-order valence-corrected chi connectivity index (χ4v) is 1.42. The zero-order valence-corrected chi connectivity index (χ0v) is 8.74. The molecule has 0 amide bonds. The van der Waals surface area contributed by atoms with Crippen LogP contribution in [0, 0.1) is 11.6 Å². The number of ketones is 1. The third-order valence-electron chi connectivity index (χ3n) is 2.28. The highest BCUT2D eigenvalue weighted by Crippen LogP contribution is 2.17. The lowest BCUT2D eigenvalue weighted by Gasteiger charge is -2.00. The van der Waals surface area contributed by atoms with Crippen LogP contribution in [0.3, 0.4) is 0 Å². The molecule has 17 heavy (non-hydrogen) atoms. The summed E-state index contributed by atoms with van der Waals surface area (Å²) >= 11 is 0. The SMILES string of the molecule is NCc1ccc(C(=O)c2cccc(F)c2F)o1. The van der Waals surface area contributed by atoms with E-state index in [1.807, 2.05) is 0 Å². The van der Waals surface area contributed by atoms with Crippen molar-refractivity contribution in [2.45, 2.75) is 6.54 Å². The average Bonchev–Trinajstić information content (AvgIpc) is 2.80. The minimum atomic E-state index is -1.18. The Kier molecular flexibility index (Phi) is 3.01. The Balaban J connectivity index is 2.40. The lowest BCUT2D eigenvalue weighted by Crippen LogP contribution is -2.04. The molecule has 0 aliphatic rings. The van der Waals surface area contributed by atoms with E-state index in [4.69, 9.17) is 10.2 Å². The van der Waals surface area contributed by atoms with Crippen LogP contribution in [0.25, 0.3) is 0 Å². The van der Waals surface area contributed by atoms with Crippen LogP contribution >= 0.6 is 0 Å². The summed E-state index contributed by atoms with van der Waals surface area (Å²) < 4.78 is 31.4. The minimum Gasteiger partial charge on any atom is -0.456 e. The highest BCUT2D eigenvalue weighted by molar-refractivity contribution is 6.07. The molecule has 0 saturated heterocycles. The second-order valence-corrected chi connectivity index (χ2v) is 3.40. The second-order valence-electron chi connectivity index (χ2n) is 3.40. The highest BCUT2D eigenvalue weighted by atomic mass is 19.2. The molecule has 0 radical (unpaired) electrons. The van der Waals surface area contributed by atoms with Crippen LogP contribution in [0.5, 0.6) is 0 Å². The first-order valence-corrected chi connectivity index (χ1v) is 4.91. The van der Waals surface area contributed by atoms with Crippen LogP contribution < -0.4 is 5.73 Å². The molecule has 0 aliphatic carbocycles. The van der Waals surface area contributed by atoms with Gasteiger partial charge >= 0.3 is 0 Å². The molecule has 0 aliphatic heterocycles. The van der Waals surface area contributed by atoms with Gasteiger partial charge in [-0.1, -0.05) is 6.07 Å². The molecule has 2 aromatic rings. The van der Waals surface area contributed by atoms with E-state index in [0.29, 0.717) is 5.76 Å². The molecule has 0 unspecified atom stereocenters. The highest BCUT2D eigenvalue weighted by Gasteiger charge is 2.19. The number of halogens is 2. The Bertz CT molecular complexity index is 563. The summed E-state index contributed by atoms with van der Waals surface area (Å²) in [5.41, 5.74) is 4.96. The number of furan rings is 1. The molecule has 2 rings (SSSR count). The summed E-state index contributed by atoms with van der Waals surface area (Å²) in [6.45, 7) is 0.138. The Hall–Kier alpha value is -2.01. The predicted octanol–water partition coefficient (Wildman–Crippen LogP) is 2.25. The monoisotopic (exact) mass is 237 g/mol. The van der Waals surface area contributed by atoms with Crippen molar-refractivity contribution in [1.29, 1.82) is 0 Å². The van der Waals surface area contributed by atoms with E-state index in [9.17, 15) is 13.6 Å². The number of benzene rings is 1. The van der Waals surface area contributed by atoms with Crippen molar-refractivity contribution >= 4 is 5.78 Å². The van der Waals surface area contributed by atoms with Gasteiger partial charge in [-0.05, 0) is 24.3 Å². The first kappa shape index (κ1) is 11.5. The number of rotatable bonds is 3. The van der Waals surface area contributed by atoms with Crippen LogP contribution in [0.1, 0.15) is 21.9 Å². The number of carbonyl (C=O) groups excluding carboxylic acids is 1. The molecule has 0 bridgehead atoms. The molecule has 2 N–H and O–H groups in total. The summed E-state index contributed by atoms with van der Waals surface area (Å²) in [5.74, 6) is -2.61. The standard InChI is InChI=1S/C12H9F2NO2/c13-9-3-1-2-8(11(9)14)12(16)10-5-4-7(6-15)17-10/h1-5H,6,15H2. The molecular formula is C12H9F2NO2. The summed E-state index contributed by atoms with van der Waals surface area (Å²) in [5, 5.41) is 0. The topological polar surface area (TPSA) is 56.2 Å². The van der Waals surface area contributed by atoms with E-state index < -0.39 is 17.4 Å². The van der Waals surface area contributed by atoms with Crippen molar-refractivity contribution in [2.24, 2.45) is 5.73 Å². The Labute approximate surface area is 95.8 Å². The number of hydrogen-bond acceptors (Lipinski definition) is 3. The van der Waals surface area contributed by atoms with Crippen molar-refractivity contribution in [1.82, 2.24) is 0 Å². The Morgan fingerprint density at radius 1 is 1.24 bits per heavy atom. The van der Waals surface area contributed by atoms with Gasteiger partial charge in [-0.15, -0.1) is 0 Å². The zero-order chi connectivity index (χ0) is 12.4. The van der Waals surface area contributed by atoms with Gasteiger partial charge in [0, 0.05) is 0 Å². The number of carbonyl (C=O) groups is 1. The quantitative estimate of drug-likeness (QED) is 0.833. The normalized spacial score (nSPS) is 10.5. The van der Waals surface area contributed by atoms with Gasteiger partial charge in [-0.25, -0.2) is 8.78 Å². The largest absolute Gasteiger partial charge is 0.456 e. The maximum atomic E-state index is 13.4. The molecule has 1 heterocycles. The predicted molar refractivity (Wildman–Crippen MR) is 56.4 cm³/mol. The fraction of sp³-hybridized carbons (Fsp3) is 0.0833. The van der Waals surface area contributed by atoms with E-state index in [1.54, 1.807) is 0 Å². The molecular weight excluding hydrogens is 228 g/mol. The number of nitrogens with two attached hydrogens (primary N) is 1. The first-order chi connectivity index (χ1) is 8.13. The van der Waals surface area contributed by atoms with Gasteiger partial charge in [0.15, 0.2) is 17.4 Å². The lowest BCUT2D eigenvalue weighted by atomic mass is 10.1. The van der Waals surface area contributed by atoms with Gasteiger partial charge in [0.1, 0.15) is 5.76 Å². The van der Waals surface area contributed by atoms with Gasteiger partial charge in [0.2, 0.25) is 5.78 Å². The van der Waals surface area contributed by atoms with Gasteiger partial charge in [-0.3, -0.25) is 4.79 Å². The number of hydrogen-bond donors (Lipinski definition) is 1. The Morgan fingerprint density at radius 3 is 2.65 bits per heavy atom. The summed E-state index contributed by atoms with van der Waals surface area (Å²) in [7, 11) is 0. The fourth-order valence-electron chi connectivity index (χ4n) is 1.42. The maximum Gasteiger partial charge on any atom is 0.231 e. The van der Waals surface area contributed by atoms with Crippen molar-refractivity contribution < 1.29 is 18.0 Å². The van der Waals surface area contributed by atoms with E-state index in [-0.39, 0.29) is 17.9 Å². The van der Waals surface area contributed by atoms with Crippen LogP contribution in [0.15, 0.2) is 34.7 Å². The maximum absolute atomic E-state index is 13.4. The van der Waals surface area contributed by atoms with Crippen LogP contribution in [0.4, 0.5) is 8.78 Å². The summed E-state index contributed by atoms with van der Waals surface area (Å²) in [6, 6.07) is 6.31. The third-order valence-corrected chi connectivity index (χ3v) is 2.28. The Morgan fingerprint density at radius 2 is 2.00 bits per heavy atom. The van der Waals surface area contributed by atoms with Gasteiger partial charge in [0.25, 0.3) is 0 Å². The molecule has 1 aromatic carbocycles. The average molecular weight is 237 g/mol. The summed E-state index contributed by atoms with van der Waals surface area (Å²) in [6.07, 6.45) is 0. The molecule has 88 valence electrons. The van der Waals surface area contributed by atoms with Crippen molar-refractivity contribution in [3.05, 3.63) is 59.1 Å². The van der Waals surface area contributed by atoms with Crippen molar-refractivity contribution in [2.75, 3.05) is 0 Å². The summed E-state index contributed by atoms with van der Waals surface area (Å²) in [4.78, 5) is 11.8. The van der Waals surface area contributed by atoms with E-state index >= 15 is 0 Å². The molecule has 1 aromatic heterocycles. The molecule has 3 nitrogen and oxygen atoms in total. The molecule has 0 fully saturated rings.